The van der Waals surface area contributed by atoms with Crippen LogP contribution >= 0.6 is 15.9 Å². The number of benzene rings is 1. The summed E-state index contributed by atoms with van der Waals surface area (Å²) in [5, 5.41) is 11.3. The number of quaternary nitrogens is 1. The van der Waals surface area contributed by atoms with Gasteiger partial charge >= 0.3 is 0 Å². The molecular weight excluding hydrogens is 326 g/mol. The molecule has 5 nitrogen and oxygen atoms in total. The van der Waals surface area contributed by atoms with Gasteiger partial charge in [-0.3, -0.25) is 4.79 Å². The number of hydrogen-bond donors (Lipinski definition) is 1. The highest BCUT2D eigenvalue weighted by molar-refractivity contribution is 9.10. The van der Waals surface area contributed by atoms with Gasteiger partial charge in [-0.1, -0.05) is 28.1 Å². The molecule has 1 aromatic rings. The van der Waals surface area contributed by atoms with Crippen LogP contribution in [0, 0.1) is 0 Å². The number of carboxylic acids is 1. The number of carboxylic acid groups (broad SMARTS) is 1. The average molecular weight is 342 g/mol. The molecule has 0 spiro atoms. The summed E-state index contributed by atoms with van der Waals surface area (Å²) in [6.07, 6.45) is -0.0424. The number of halogens is 1. The number of ketones is 1. The number of carbonyl (C=O) groups excluding carboxylic acids is 2. The van der Waals surface area contributed by atoms with Crippen molar-refractivity contribution in [2.24, 2.45) is 0 Å². The number of aliphatic carboxylic acids is 1. The van der Waals surface area contributed by atoms with Gasteiger partial charge in [0, 0.05) is 10.0 Å². The number of rotatable bonds is 5. The van der Waals surface area contributed by atoms with Gasteiger partial charge in [0.1, 0.15) is 19.1 Å². The minimum atomic E-state index is -1.17. The Morgan fingerprint density at radius 2 is 1.85 bits per heavy atom. The first-order chi connectivity index (χ1) is 9.58. The van der Waals surface area contributed by atoms with Gasteiger partial charge < -0.3 is 19.5 Å². The summed E-state index contributed by atoms with van der Waals surface area (Å²) in [6, 6.07) is 6.10. The fraction of sp³-hybridized carbons (Fsp3) is 0.429. The summed E-state index contributed by atoms with van der Waals surface area (Å²) in [5.41, 5.74) is 0.520. The van der Waals surface area contributed by atoms with Crippen LogP contribution in [0.3, 0.4) is 0 Å². The van der Waals surface area contributed by atoms with Crippen molar-refractivity contribution in [3.8, 4) is 0 Å². The lowest BCUT2D eigenvalue weighted by atomic mass is 10.0. The highest BCUT2D eigenvalue weighted by Gasteiger charge is 2.28. The number of ether oxygens (including phenoxy) is 1. The molecule has 20 heavy (non-hydrogen) atoms. The molecule has 1 aliphatic rings. The molecule has 0 aromatic heterocycles. The zero-order valence-corrected chi connectivity index (χ0v) is 12.5. The number of hydrogen-bond acceptors (Lipinski definition) is 4. The van der Waals surface area contributed by atoms with E-state index in [0.29, 0.717) is 31.9 Å². The molecule has 0 bridgehead atoms. The monoisotopic (exact) mass is 341 g/mol. The van der Waals surface area contributed by atoms with Crippen molar-refractivity contribution in [3.05, 3.63) is 34.3 Å². The second-order valence-corrected chi connectivity index (χ2v) is 5.69. The Kier molecular flexibility index (Phi) is 5.28. The molecule has 0 unspecified atom stereocenters. The predicted molar refractivity (Wildman–Crippen MR) is 73.4 cm³/mol. The van der Waals surface area contributed by atoms with E-state index in [1.165, 1.54) is 0 Å². The zero-order valence-electron chi connectivity index (χ0n) is 10.9. The maximum atomic E-state index is 12.2. The second kappa shape index (κ2) is 6.97. The van der Waals surface area contributed by atoms with E-state index >= 15 is 0 Å². The summed E-state index contributed by atoms with van der Waals surface area (Å²) in [5.74, 6) is -1.35. The third kappa shape index (κ3) is 3.88. The average Bonchev–Trinajstić information content (AvgIpc) is 2.46. The normalized spacial score (nSPS) is 17.6. The maximum absolute atomic E-state index is 12.2. The van der Waals surface area contributed by atoms with E-state index < -0.39 is 12.0 Å². The van der Waals surface area contributed by atoms with Crippen molar-refractivity contribution in [3.63, 3.8) is 0 Å². The van der Waals surface area contributed by atoms with E-state index in [-0.39, 0.29) is 12.2 Å². The Morgan fingerprint density at radius 1 is 1.25 bits per heavy atom. The molecule has 0 amide bonds. The first-order valence-corrected chi connectivity index (χ1v) is 7.29. The number of carbonyl (C=O) groups is 2. The molecule has 108 valence electrons. The number of morpholine rings is 1. The standard InChI is InChI=1S/C14H16BrNO4/c15-11-3-1-10(2-4-11)13(17)9-12(14(18)19)16-5-7-20-8-6-16/h1-4,12H,5-9H2,(H,18,19)/t12-/m0/s1. The molecule has 1 aliphatic heterocycles. The van der Waals surface area contributed by atoms with E-state index in [0.717, 1.165) is 9.37 Å². The van der Waals surface area contributed by atoms with Crippen molar-refractivity contribution in [2.45, 2.75) is 12.5 Å². The summed E-state index contributed by atoms with van der Waals surface area (Å²) in [4.78, 5) is 24.3. The summed E-state index contributed by atoms with van der Waals surface area (Å²) >= 11 is 3.30. The van der Waals surface area contributed by atoms with Crippen LogP contribution in [0.1, 0.15) is 16.8 Å². The maximum Gasteiger partial charge on any atom is 0.169 e. The van der Waals surface area contributed by atoms with E-state index in [1.54, 1.807) is 24.3 Å². The largest absolute Gasteiger partial charge is 0.544 e. The van der Waals surface area contributed by atoms with Gasteiger partial charge in [0.2, 0.25) is 0 Å². The van der Waals surface area contributed by atoms with Gasteiger partial charge in [-0.15, -0.1) is 0 Å². The van der Waals surface area contributed by atoms with Crippen LogP contribution < -0.4 is 10.0 Å². The third-order valence-corrected chi connectivity index (χ3v) is 4.00. The Balaban J connectivity index is 2.05. The summed E-state index contributed by atoms with van der Waals surface area (Å²) in [6.45, 7) is 2.22. The summed E-state index contributed by atoms with van der Waals surface area (Å²) < 4.78 is 6.09. The van der Waals surface area contributed by atoms with Gasteiger partial charge in [-0.05, 0) is 12.1 Å². The van der Waals surface area contributed by atoms with Crippen LogP contribution in [0.4, 0.5) is 0 Å². The van der Waals surface area contributed by atoms with E-state index in [9.17, 15) is 14.7 Å². The SMILES string of the molecule is O=C(C[C@@H](C(=O)[O-])[NH+]1CCOCC1)c1ccc(Br)cc1. The molecule has 2 rings (SSSR count). The third-order valence-electron chi connectivity index (χ3n) is 3.47. The molecule has 1 fully saturated rings. The van der Waals surface area contributed by atoms with Gasteiger partial charge in [0.05, 0.1) is 25.6 Å². The quantitative estimate of drug-likeness (QED) is 0.701. The van der Waals surface area contributed by atoms with Crippen LogP contribution in [0.5, 0.6) is 0 Å². The number of nitrogens with one attached hydrogen (secondary N) is 1. The molecular formula is C14H16BrNO4. The van der Waals surface area contributed by atoms with E-state index in [2.05, 4.69) is 15.9 Å². The fourth-order valence-electron chi connectivity index (χ4n) is 2.32. The Bertz CT molecular complexity index is 482. The van der Waals surface area contributed by atoms with Crippen LogP contribution in [0.25, 0.3) is 0 Å². The second-order valence-electron chi connectivity index (χ2n) is 4.78. The van der Waals surface area contributed by atoms with Crippen LogP contribution in [-0.4, -0.2) is 44.1 Å². The first kappa shape index (κ1) is 15.2. The lowest BCUT2D eigenvalue weighted by Gasteiger charge is -2.31. The van der Waals surface area contributed by atoms with Gasteiger partial charge in [-0.2, -0.15) is 0 Å². The molecule has 1 aromatic carbocycles. The molecule has 0 radical (unpaired) electrons. The van der Waals surface area contributed by atoms with Gasteiger partial charge in [0.25, 0.3) is 0 Å². The molecule has 0 saturated carbocycles. The van der Waals surface area contributed by atoms with Crippen LogP contribution in [0.15, 0.2) is 28.7 Å². The van der Waals surface area contributed by atoms with Crippen molar-refractivity contribution >= 4 is 27.7 Å². The van der Waals surface area contributed by atoms with Crippen LogP contribution in [-0.2, 0) is 9.53 Å². The molecule has 6 heteroatoms. The van der Waals surface area contributed by atoms with Crippen LogP contribution in [0.2, 0.25) is 0 Å². The lowest BCUT2D eigenvalue weighted by molar-refractivity contribution is -0.925. The highest BCUT2D eigenvalue weighted by atomic mass is 79.9. The van der Waals surface area contributed by atoms with E-state index in [4.69, 9.17) is 4.74 Å². The smallest absolute Gasteiger partial charge is 0.169 e. The molecule has 1 heterocycles. The Morgan fingerprint density at radius 3 is 2.40 bits per heavy atom. The van der Waals surface area contributed by atoms with E-state index in [1.807, 2.05) is 0 Å². The highest BCUT2D eigenvalue weighted by Crippen LogP contribution is 2.12. The van der Waals surface area contributed by atoms with Crippen molar-refractivity contribution in [2.75, 3.05) is 26.3 Å². The topological polar surface area (TPSA) is 70.9 Å². The fourth-order valence-corrected chi connectivity index (χ4v) is 2.58. The first-order valence-electron chi connectivity index (χ1n) is 6.50. The van der Waals surface area contributed by atoms with Crippen molar-refractivity contribution < 1.29 is 24.3 Å². The summed E-state index contributed by atoms with van der Waals surface area (Å²) in [7, 11) is 0. The Hall–Kier alpha value is -1.24. The molecule has 1 N–H and O–H groups in total. The molecule has 1 atom stereocenters. The predicted octanol–water partition coefficient (Wildman–Crippen LogP) is -0.944. The minimum absolute atomic E-state index is 0.0424. The molecule has 0 aliphatic carbocycles. The lowest BCUT2D eigenvalue weighted by Crippen LogP contribution is -3.19. The van der Waals surface area contributed by atoms with Crippen molar-refractivity contribution in [1.82, 2.24) is 0 Å². The minimum Gasteiger partial charge on any atom is -0.544 e. The van der Waals surface area contributed by atoms with Gasteiger partial charge in [-0.25, -0.2) is 0 Å². The van der Waals surface area contributed by atoms with Gasteiger partial charge in [0.15, 0.2) is 5.78 Å². The number of Topliss-reactive ketones (excluding diaryl/α,β-unsaturated/α-hetero) is 1. The Labute approximate surface area is 125 Å². The molecule has 1 saturated heterocycles. The van der Waals surface area contributed by atoms with Crippen molar-refractivity contribution in [1.29, 1.82) is 0 Å². The zero-order chi connectivity index (χ0) is 14.5.